The highest BCUT2D eigenvalue weighted by Crippen LogP contribution is 2.30. The molecule has 0 aliphatic heterocycles. The Morgan fingerprint density at radius 1 is 0.905 bits per heavy atom. The minimum Gasteiger partial charge on any atom is -0.479 e. The number of aryl methyl sites for hydroxylation is 1. The fourth-order valence-electron chi connectivity index (χ4n) is 2.29. The van der Waals surface area contributed by atoms with E-state index in [4.69, 9.17) is 4.74 Å². The quantitative estimate of drug-likeness (QED) is 0.721. The molecule has 0 aliphatic carbocycles. The molecule has 0 bridgehead atoms. The Morgan fingerprint density at radius 2 is 1.62 bits per heavy atom. The molecule has 0 fully saturated rings. The van der Waals surface area contributed by atoms with Crippen LogP contribution in [0.25, 0.3) is 22.5 Å². The van der Waals surface area contributed by atoms with E-state index >= 15 is 0 Å². The average Bonchev–Trinajstić information content (AvgIpc) is 2.56. The average molecular weight is 276 g/mol. The molecule has 0 aliphatic rings. The highest BCUT2D eigenvalue weighted by Gasteiger charge is 2.12. The third kappa shape index (κ3) is 2.63. The maximum Gasteiger partial charge on any atom is 0.240 e. The number of nitrogens with zero attached hydrogens (tertiary/aromatic N) is 2. The molecule has 3 heteroatoms. The summed E-state index contributed by atoms with van der Waals surface area (Å²) >= 11 is 0. The molecule has 2 aromatic carbocycles. The number of ether oxygens (including phenoxy) is 1. The molecule has 3 nitrogen and oxygen atoms in total. The minimum atomic E-state index is 0.547. The number of rotatable bonds is 3. The first-order chi connectivity index (χ1) is 10.3. The summed E-state index contributed by atoms with van der Waals surface area (Å²) in [6, 6.07) is 18.1. The summed E-state index contributed by atoms with van der Waals surface area (Å²) in [5.41, 5.74) is 4.80. The van der Waals surface area contributed by atoms with E-state index in [-0.39, 0.29) is 0 Å². The zero-order chi connectivity index (χ0) is 14.7. The lowest BCUT2D eigenvalue weighted by Gasteiger charge is -2.10. The minimum absolute atomic E-state index is 0.547. The second-order valence-electron chi connectivity index (χ2n) is 4.79. The van der Waals surface area contributed by atoms with Crippen LogP contribution in [0.2, 0.25) is 0 Å². The van der Waals surface area contributed by atoms with Crippen LogP contribution in [0.5, 0.6) is 5.88 Å². The van der Waals surface area contributed by atoms with Gasteiger partial charge in [-0.2, -0.15) is 0 Å². The third-order valence-electron chi connectivity index (χ3n) is 3.40. The standard InChI is InChI=1S/C18H16N2O/c1-13-8-6-7-11-15(13)17-18(21-2)20-16(12-19-17)14-9-4-3-5-10-14/h3-12H,1-2H3. The normalized spacial score (nSPS) is 10.4. The van der Waals surface area contributed by atoms with Crippen LogP contribution in [-0.4, -0.2) is 17.1 Å². The lowest BCUT2D eigenvalue weighted by molar-refractivity contribution is 0.398. The Labute approximate surface area is 124 Å². The number of methoxy groups -OCH3 is 1. The summed E-state index contributed by atoms with van der Waals surface area (Å²) in [6.07, 6.45) is 1.79. The van der Waals surface area contributed by atoms with Crippen molar-refractivity contribution in [1.29, 1.82) is 0 Å². The Hall–Kier alpha value is -2.68. The van der Waals surface area contributed by atoms with Crippen LogP contribution in [-0.2, 0) is 0 Å². The molecule has 0 N–H and O–H groups in total. The summed E-state index contributed by atoms with van der Waals surface area (Å²) in [5.74, 6) is 0.547. The molecular formula is C18H16N2O. The van der Waals surface area contributed by atoms with Gasteiger partial charge in [0, 0.05) is 11.1 Å². The largest absolute Gasteiger partial charge is 0.479 e. The molecule has 0 radical (unpaired) electrons. The van der Waals surface area contributed by atoms with Gasteiger partial charge in [0.2, 0.25) is 5.88 Å². The van der Waals surface area contributed by atoms with Gasteiger partial charge in [0.05, 0.1) is 19.0 Å². The maximum atomic E-state index is 5.44. The van der Waals surface area contributed by atoms with Crippen molar-refractivity contribution in [1.82, 2.24) is 9.97 Å². The molecule has 0 spiro atoms. The fourth-order valence-corrected chi connectivity index (χ4v) is 2.29. The smallest absolute Gasteiger partial charge is 0.240 e. The highest BCUT2D eigenvalue weighted by atomic mass is 16.5. The van der Waals surface area contributed by atoms with Gasteiger partial charge < -0.3 is 4.74 Å². The van der Waals surface area contributed by atoms with E-state index in [0.717, 1.165) is 28.1 Å². The highest BCUT2D eigenvalue weighted by molar-refractivity contribution is 5.70. The van der Waals surface area contributed by atoms with Gasteiger partial charge >= 0.3 is 0 Å². The number of hydrogen-bond donors (Lipinski definition) is 0. The zero-order valence-corrected chi connectivity index (χ0v) is 12.1. The Balaban J connectivity index is 2.11. The van der Waals surface area contributed by atoms with Crippen molar-refractivity contribution >= 4 is 0 Å². The molecule has 1 heterocycles. The van der Waals surface area contributed by atoms with Gasteiger partial charge in [-0.1, -0.05) is 54.6 Å². The molecule has 21 heavy (non-hydrogen) atoms. The van der Waals surface area contributed by atoms with Crippen LogP contribution in [0.4, 0.5) is 0 Å². The van der Waals surface area contributed by atoms with Crippen LogP contribution in [0.3, 0.4) is 0 Å². The van der Waals surface area contributed by atoms with Crippen molar-refractivity contribution in [2.24, 2.45) is 0 Å². The third-order valence-corrected chi connectivity index (χ3v) is 3.40. The summed E-state index contributed by atoms with van der Waals surface area (Å²) in [7, 11) is 1.63. The molecule has 1 aromatic heterocycles. The van der Waals surface area contributed by atoms with Crippen LogP contribution >= 0.6 is 0 Å². The van der Waals surface area contributed by atoms with Crippen molar-refractivity contribution in [3.05, 3.63) is 66.4 Å². The molecule has 3 rings (SSSR count). The lowest BCUT2D eigenvalue weighted by Crippen LogP contribution is -1.98. The molecular weight excluding hydrogens is 260 g/mol. The Kier molecular flexibility index (Phi) is 3.65. The van der Waals surface area contributed by atoms with Gasteiger partial charge in [-0.3, -0.25) is 0 Å². The van der Waals surface area contributed by atoms with E-state index in [0.29, 0.717) is 5.88 Å². The molecule has 0 saturated heterocycles. The summed E-state index contributed by atoms with van der Waals surface area (Å²) in [6.45, 7) is 2.06. The van der Waals surface area contributed by atoms with Gasteiger partial charge in [-0.05, 0) is 12.5 Å². The topological polar surface area (TPSA) is 35.0 Å². The monoisotopic (exact) mass is 276 g/mol. The molecule has 0 unspecified atom stereocenters. The molecule has 0 amide bonds. The second kappa shape index (κ2) is 5.75. The predicted octanol–water partition coefficient (Wildman–Crippen LogP) is 4.13. The van der Waals surface area contributed by atoms with Crippen LogP contribution in [0, 0.1) is 6.92 Å². The zero-order valence-electron chi connectivity index (χ0n) is 12.1. The first kappa shape index (κ1) is 13.3. The van der Waals surface area contributed by atoms with E-state index < -0.39 is 0 Å². The van der Waals surface area contributed by atoms with Crippen molar-refractivity contribution in [3.63, 3.8) is 0 Å². The van der Waals surface area contributed by atoms with E-state index in [9.17, 15) is 0 Å². The van der Waals surface area contributed by atoms with Crippen molar-refractivity contribution in [2.75, 3.05) is 7.11 Å². The van der Waals surface area contributed by atoms with E-state index in [2.05, 4.69) is 23.0 Å². The van der Waals surface area contributed by atoms with Crippen LogP contribution < -0.4 is 4.74 Å². The molecule has 104 valence electrons. The molecule has 0 saturated carbocycles. The van der Waals surface area contributed by atoms with Crippen molar-refractivity contribution in [3.8, 4) is 28.4 Å². The number of benzene rings is 2. The van der Waals surface area contributed by atoms with Gasteiger partial charge in [0.1, 0.15) is 5.69 Å². The lowest BCUT2D eigenvalue weighted by atomic mass is 10.1. The maximum absolute atomic E-state index is 5.44. The van der Waals surface area contributed by atoms with Gasteiger partial charge in [-0.15, -0.1) is 0 Å². The number of aromatic nitrogens is 2. The van der Waals surface area contributed by atoms with Gasteiger partial charge in [0.15, 0.2) is 0 Å². The first-order valence-electron chi connectivity index (χ1n) is 6.82. The Morgan fingerprint density at radius 3 is 2.33 bits per heavy atom. The van der Waals surface area contributed by atoms with Crippen molar-refractivity contribution < 1.29 is 4.74 Å². The fraction of sp³-hybridized carbons (Fsp3) is 0.111. The Bertz CT molecular complexity index is 754. The molecule has 3 aromatic rings. The molecule has 0 atom stereocenters. The number of hydrogen-bond acceptors (Lipinski definition) is 3. The van der Waals surface area contributed by atoms with Crippen LogP contribution in [0.15, 0.2) is 60.8 Å². The van der Waals surface area contributed by atoms with Crippen LogP contribution in [0.1, 0.15) is 5.56 Å². The van der Waals surface area contributed by atoms with Crippen molar-refractivity contribution in [2.45, 2.75) is 6.92 Å². The summed E-state index contributed by atoms with van der Waals surface area (Å²) in [4.78, 5) is 9.16. The van der Waals surface area contributed by atoms with Gasteiger partial charge in [-0.25, -0.2) is 9.97 Å². The van der Waals surface area contributed by atoms with Gasteiger partial charge in [0.25, 0.3) is 0 Å². The van der Waals surface area contributed by atoms with E-state index in [1.807, 2.05) is 48.5 Å². The van der Waals surface area contributed by atoms with E-state index in [1.165, 1.54) is 0 Å². The second-order valence-corrected chi connectivity index (χ2v) is 4.79. The SMILES string of the molecule is COc1nc(-c2ccccc2)cnc1-c1ccccc1C. The summed E-state index contributed by atoms with van der Waals surface area (Å²) < 4.78 is 5.44. The summed E-state index contributed by atoms with van der Waals surface area (Å²) in [5, 5.41) is 0. The first-order valence-corrected chi connectivity index (χ1v) is 6.82. The predicted molar refractivity (Wildman–Crippen MR) is 84.2 cm³/mol. The van der Waals surface area contributed by atoms with E-state index in [1.54, 1.807) is 13.3 Å².